The zero-order valence-corrected chi connectivity index (χ0v) is 14.1. The van der Waals surface area contributed by atoms with Crippen LogP contribution in [0.2, 0.25) is 0 Å². The first-order valence-electron chi connectivity index (χ1n) is 7.76. The summed E-state index contributed by atoms with van der Waals surface area (Å²) in [5.41, 5.74) is -7.05. The number of fused-ring (bicyclic) bond motifs is 1. The fourth-order valence-electron chi connectivity index (χ4n) is 3.01. The van der Waals surface area contributed by atoms with Crippen LogP contribution in [0.3, 0.4) is 0 Å². The molecule has 2 amide bonds. The highest BCUT2D eigenvalue weighted by molar-refractivity contribution is 6.07. The molecule has 0 radical (unpaired) electrons. The van der Waals surface area contributed by atoms with Crippen LogP contribution in [0, 0.1) is 5.82 Å². The predicted octanol–water partition coefficient (Wildman–Crippen LogP) is 0.570. The van der Waals surface area contributed by atoms with Gasteiger partial charge in [-0.2, -0.15) is 13.2 Å². The summed E-state index contributed by atoms with van der Waals surface area (Å²) in [7, 11) is 0. The molecule has 1 aliphatic rings. The number of carbonyl (C=O) groups excluding carboxylic acids is 2. The van der Waals surface area contributed by atoms with Gasteiger partial charge in [-0.15, -0.1) is 0 Å². The Kier molecular flexibility index (Phi) is 4.36. The Morgan fingerprint density at radius 2 is 1.79 bits per heavy atom. The summed E-state index contributed by atoms with van der Waals surface area (Å²) in [6.45, 7) is 0.383. The first kappa shape index (κ1) is 19.3. The molecule has 0 aliphatic carbocycles. The third kappa shape index (κ3) is 2.86. The summed E-state index contributed by atoms with van der Waals surface area (Å²) in [6.07, 6.45) is -5.38. The van der Waals surface area contributed by atoms with Crippen LogP contribution in [0.5, 0.6) is 0 Å². The molecule has 8 nitrogen and oxygen atoms in total. The van der Waals surface area contributed by atoms with E-state index in [-0.39, 0.29) is 6.54 Å². The molecule has 3 N–H and O–H groups in total. The van der Waals surface area contributed by atoms with Gasteiger partial charge in [-0.25, -0.2) is 9.18 Å². The summed E-state index contributed by atoms with van der Waals surface area (Å²) in [4.78, 5) is 49.8. The van der Waals surface area contributed by atoms with E-state index in [1.807, 2.05) is 5.32 Å². The van der Waals surface area contributed by atoms with Crippen molar-refractivity contribution in [2.75, 3.05) is 5.32 Å². The molecule has 0 saturated carbocycles. The average Bonchev–Trinajstić information content (AvgIpc) is 2.86. The lowest BCUT2D eigenvalue weighted by Gasteiger charge is -2.29. The van der Waals surface area contributed by atoms with Crippen LogP contribution in [0.4, 0.5) is 23.4 Å². The number of hydrogen-bond donors (Lipinski definition) is 3. The Bertz CT molecular complexity index is 1090. The third-order valence-electron chi connectivity index (χ3n) is 4.19. The fourth-order valence-corrected chi connectivity index (χ4v) is 3.01. The maximum atomic E-state index is 13.8. The second-order valence-corrected chi connectivity index (χ2v) is 6.08. The molecule has 0 unspecified atom stereocenters. The predicted molar refractivity (Wildman–Crippen MR) is 87.0 cm³/mol. The minimum absolute atomic E-state index is 0.316. The summed E-state index contributed by atoms with van der Waals surface area (Å²) in [5.74, 6) is -4.21. The molecule has 2 heterocycles. The Hall–Kier alpha value is -3.44. The molecule has 2 aromatic rings. The van der Waals surface area contributed by atoms with Gasteiger partial charge in [0.1, 0.15) is 17.2 Å². The number of amides is 2. The number of hydrogen-bond acceptors (Lipinski definition) is 4. The number of carbonyl (C=O) groups is 2. The molecule has 1 aromatic heterocycles. The molecular formula is C16H12F4N4O4. The second-order valence-electron chi connectivity index (χ2n) is 6.08. The van der Waals surface area contributed by atoms with Crippen LogP contribution < -0.4 is 21.9 Å². The number of benzene rings is 1. The van der Waals surface area contributed by atoms with E-state index in [0.29, 0.717) is 10.1 Å². The Balaban J connectivity index is 2.27. The zero-order valence-electron chi connectivity index (χ0n) is 14.1. The fraction of sp³-hybridized carbons (Fsp3) is 0.250. The lowest BCUT2D eigenvalue weighted by Crippen LogP contribution is -2.61. The minimum Gasteiger partial charge on any atom is -0.331 e. The first-order chi connectivity index (χ1) is 13.0. The van der Waals surface area contributed by atoms with Crippen LogP contribution in [-0.4, -0.2) is 27.5 Å². The number of nitrogens with one attached hydrogen (secondary N) is 3. The number of halogens is 4. The highest BCUT2D eigenvalue weighted by atomic mass is 19.4. The van der Waals surface area contributed by atoms with E-state index < -0.39 is 52.0 Å². The monoisotopic (exact) mass is 400 g/mol. The summed E-state index contributed by atoms with van der Waals surface area (Å²) in [5, 5.41) is 3.38. The molecule has 148 valence electrons. The van der Waals surface area contributed by atoms with Gasteiger partial charge >= 0.3 is 11.9 Å². The number of H-pyrrole nitrogens is 1. The molecule has 0 bridgehead atoms. The van der Waals surface area contributed by atoms with Crippen LogP contribution >= 0.6 is 0 Å². The van der Waals surface area contributed by atoms with Gasteiger partial charge < -0.3 is 10.6 Å². The number of aromatic amines is 1. The molecule has 1 atom stereocenters. The van der Waals surface area contributed by atoms with Crippen molar-refractivity contribution >= 4 is 17.6 Å². The van der Waals surface area contributed by atoms with Crippen LogP contribution in [-0.2, 0) is 21.7 Å². The van der Waals surface area contributed by atoms with Gasteiger partial charge in [0.05, 0.1) is 6.54 Å². The molecule has 0 spiro atoms. The van der Waals surface area contributed by atoms with Gasteiger partial charge in [-0.05, 0) is 17.7 Å². The van der Waals surface area contributed by atoms with E-state index in [9.17, 15) is 36.7 Å². The van der Waals surface area contributed by atoms with E-state index in [1.54, 1.807) is 4.98 Å². The quantitative estimate of drug-likeness (QED) is 0.654. The number of rotatable bonds is 3. The van der Waals surface area contributed by atoms with E-state index >= 15 is 0 Å². The van der Waals surface area contributed by atoms with Crippen molar-refractivity contribution in [1.29, 1.82) is 0 Å². The SMILES string of the molecule is CC(=O)N[C@]1(C(F)(F)F)C(=O)Nc2c1c(=O)[nH]c(=O)n2Cc1ccc(F)cc1. The van der Waals surface area contributed by atoms with Gasteiger partial charge in [0, 0.05) is 6.92 Å². The molecule has 28 heavy (non-hydrogen) atoms. The summed E-state index contributed by atoms with van der Waals surface area (Å²) >= 11 is 0. The van der Waals surface area contributed by atoms with Crippen LogP contribution in [0.25, 0.3) is 0 Å². The Morgan fingerprint density at radius 3 is 2.32 bits per heavy atom. The smallest absolute Gasteiger partial charge is 0.331 e. The van der Waals surface area contributed by atoms with Crippen molar-refractivity contribution in [3.63, 3.8) is 0 Å². The van der Waals surface area contributed by atoms with Gasteiger partial charge in [0.2, 0.25) is 11.4 Å². The molecule has 12 heteroatoms. The third-order valence-corrected chi connectivity index (χ3v) is 4.19. The van der Waals surface area contributed by atoms with Crippen molar-refractivity contribution < 1.29 is 27.2 Å². The van der Waals surface area contributed by atoms with Crippen LogP contribution in [0.15, 0.2) is 33.9 Å². The van der Waals surface area contributed by atoms with Gasteiger partial charge in [0.15, 0.2) is 0 Å². The molecule has 0 saturated heterocycles. The van der Waals surface area contributed by atoms with E-state index in [0.717, 1.165) is 19.1 Å². The maximum absolute atomic E-state index is 13.8. The molecule has 3 rings (SSSR count). The Morgan fingerprint density at radius 1 is 1.18 bits per heavy atom. The number of anilines is 1. The van der Waals surface area contributed by atoms with Gasteiger partial charge in [0.25, 0.3) is 11.5 Å². The van der Waals surface area contributed by atoms with Gasteiger partial charge in [-0.1, -0.05) is 12.1 Å². The first-order valence-corrected chi connectivity index (χ1v) is 7.76. The summed E-state index contributed by atoms with van der Waals surface area (Å²) in [6, 6.07) is 4.70. The van der Waals surface area contributed by atoms with E-state index in [1.165, 1.54) is 17.4 Å². The lowest BCUT2D eigenvalue weighted by molar-refractivity contribution is -0.200. The number of nitrogens with zero attached hydrogens (tertiary/aromatic N) is 1. The van der Waals surface area contributed by atoms with Gasteiger partial charge in [-0.3, -0.25) is 23.9 Å². The standard InChI is InChI=1S/C16H12F4N4O4/c1-7(25)23-15(16(18,19)20)10-11(21-13(15)27)24(14(28)22-12(10)26)6-8-2-4-9(17)5-3-8/h2-5H,6H2,1H3,(H,21,27)(H,23,25)(H,22,26,28)/t15-/m0/s1. The maximum Gasteiger partial charge on any atom is 0.425 e. The van der Waals surface area contributed by atoms with Crippen LogP contribution in [0.1, 0.15) is 18.1 Å². The van der Waals surface area contributed by atoms with E-state index in [2.05, 4.69) is 0 Å². The molecule has 1 aliphatic heterocycles. The van der Waals surface area contributed by atoms with Crippen molar-refractivity contribution in [2.24, 2.45) is 0 Å². The molecule has 1 aromatic carbocycles. The number of alkyl halides is 3. The van der Waals surface area contributed by atoms with Crippen molar-refractivity contribution in [3.8, 4) is 0 Å². The summed E-state index contributed by atoms with van der Waals surface area (Å²) < 4.78 is 55.2. The topological polar surface area (TPSA) is 113 Å². The largest absolute Gasteiger partial charge is 0.425 e. The van der Waals surface area contributed by atoms with Crippen molar-refractivity contribution in [3.05, 3.63) is 62.0 Å². The number of aromatic nitrogens is 2. The normalized spacial score (nSPS) is 18.5. The minimum atomic E-state index is -5.38. The molecule has 0 fully saturated rings. The zero-order chi connectivity index (χ0) is 20.9. The molecular weight excluding hydrogens is 388 g/mol. The Labute approximate surface area is 153 Å². The highest BCUT2D eigenvalue weighted by Gasteiger charge is 2.68. The highest BCUT2D eigenvalue weighted by Crippen LogP contribution is 2.44. The van der Waals surface area contributed by atoms with Crippen molar-refractivity contribution in [1.82, 2.24) is 14.9 Å². The second kappa shape index (κ2) is 6.32. The van der Waals surface area contributed by atoms with E-state index in [4.69, 9.17) is 0 Å². The van der Waals surface area contributed by atoms with Crippen molar-refractivity contribution in [2.45, 2.75) is 25.2 Å². The lowest BCUT2D eigenvalue weighted by atomic mass is 9.92. The average molecular weight is 400 g/mol.